The lowest BCUT2D eigenvalue weighted by Gasteiger charge is -2.19. The average Bonchev–Trinajstić information content (AvgIpc) is 2.59. The molecule has 2 rings (SSSR count). The zero-order valence-electron chi connectivity index (χ0n) is 13.6. The molecule has 0 spiro atoms. The predicted molar refractivity (Wildman–Crippen MR) is 89.1 cm³/mol. The van der Waals surface area contributed by atoms with Crippen molar-refractivity contribution in [1.82, 2.24) is 5.32 Å². The lowest BCUT2D eigenvalue weighted by atomic mass is 10.1. The zero-order valence-corrected chi connectivity index (χ0v) is 13.6. The number of ether oxygens (including phenoxy) is 1. The van der Waals surface area contributed by atoms with Crippen LogP contribution in [0, 0.1) is 0 Å². The molecule has 0 aromatic heterocycles. The molecule has 1 atom stereocenters. The second-order valence-corrected chi connectivity index (χ2v) is 5.36. The molecule has 0 heterocycles. The van der Waals surface area contributed by atoms with Crippen LogP contribution < -0.4 is 10.6 Å². The molecule has 0 bridgehead atoms. The Hall–Kier alpha value is -2.38. The molecule has 0 radical (unpaired) electrons. The van der Waals surface area contributed by atoms with Gasteiger partial charge in [0, 0.05) is 19.3 Å². The second-order valence-electron chi connectivity index (χ2n) is 5.36. The minimum absolute atomic E-state index is 0.0919. The number of benzene rings is 2. The van der Waals surface area contributed by atoms with Crippen LogP contribution in [0.25, 0.3) is 0 Å². The molecule has 0 saturated heterocycles. The summed E-state index contributed by atoms with van der Waals surface area (Å²) in [4.78, 5) is 12.6. The average molecular weight is 352 g/mol. The van der Waals surface area contributed by atoms with Gasteiger partial charge >= 0.3 is 6.18 Å². The lowest BCUT2D eigenvalue weighted by molar-refractivity contribution is -0.137. The van der Waals surface area contributed by atoms with Crippen molar-refractivity contribution in [2.24, 2.45) is 0 Å². The topological polar surface area (TPSA) is 50.4 Å². The van der Waals surface area contributed by atoms with Crippen LogP contribution in [0.1, 0.15) is 17.2 Å². The van der Waals surface area contributed by atoms with Crippen molar-refractivity contribution in [2.75, 3.05) is 25.6 Å². The number of carbonyl (C=O) groups excluding carboxylic acids is 1. The van der Waals surface area contributed by atoms with Crippen LogP contribution in [0.15, 0.2) is 54.6 Å². The summed E-state index contributed by atoms with van der Waals surface area (Å²) in [6.45, 7) is 0.826. The van der Waals surface area contributed by atoms with Crippen molar-refractivity contribution in [3.05, 3.63) is 65.7 Å². The Morgan fingerprint density at radius 1 is 1.12 bits per heavy atom. The van der Waals surface area contributed by atoms with E-state index in [0.717, 1.165) is 12.1 Å². The van der Waals surface area contributed by atoms with Gasteiger partial charge < -0.3 is 10.1 Å². The van der Waals surface area contributed by atoms with Gasteiger partial charge in [0.1, 0.15) is 6.04 Å². The van der Waals surface area contributed by atoms with Crippen molar-refractivity contribution in [3.63, 3.8) is 0 Å². The molecule has 25 heavy (non-hydrogen) atoms. The highest BCUT2D eigenvalue weighted by Gasteiger charge is 2.30. The lowest BCUT2D eigenvalue weighted by Crippen LogP contribution is -2.34. The Morgan fingerprint density at radius 2 is 1.84 bits per heavy atom. The van der Waals surface area contributed by atoms with Crippen molar-refractivity contribution in [3.8, 4) is 0 Å². The first-order chi connectivity index (χ1) is 11.9. The van der Waals surface area contributed by atoms with Gasteiger partial charge in [-0.2, -0.15) is 13.2 Å². The van der Waals surface area contributed by atoms with Crippen molar-refractivity contribution in [1.29, 1.82) is 0 Å². The smallest absolute Gasteiger partial charge is 0.383 e. The largest absolute Gasteiger partial charge is 0.416 e. The SMILES string of the molecule is COCCNC(C(=O)Nc1cccc(C(F)(F)F)c1)c1ccccc1. The van der Waals surface area contributed by atoms with Crippen molar-refractivity contribution < 1.29 is 22.7 Å². The van der Waals surface area contributed by atoms with Gasteiger partial charge in [-0.05, 0) is 23.8 Å². The number of alkyl halides is 3. The molecule has 0 saturated carbocycles. The van der Waals surface area contributed by atoms with Crippen LogP contribution in [0.4, 0.5) is 18.9 Å². The van der Waals surface area contributed by atoms with Crippen LogP contribution in [-0.2, 0) is 15.7 Å². The fraction of sp³-hybridized carbons (Fsp3) is 0.278. The number of amides is 1. The third-order valence-electron chi connectivity index (χ3n) is 3.51. The summed E-state index contributed by atoms with van der Waals surface area (Å²) >= 11 is 0. The molecule has 0 aliphatic carbocycles. The molecule has 2 N–H and O–H groups in total. The molecule has 1 unspecified atom stereocenters. The maximum atomic E-state index is 12.8. The number of hydrogen-bond acceptors (Lipinski definition) is 3. The Kier molecular flexibility index (Phi) is 6.55. The monoisotopic (exact) mass is 352 g/mol. The molecule has 0 fully saturated rings. The Morgan fingerprint density at radius 3 is 2.48 bits per heavy atom. The molecule has 7 heteroatoms. The normalized spacial score (nSPS) is 12.6. The Labute approximate surface area is 144 Å². The summed E-state index contributed by atoms with van der Waals surface area (Å²) in [7, 11) is 1.54. The van der Waals surface area contributed by atoms with Crippen LogP contribution >= 0.6 is 0 Å². The molecular weight excluding hydrogens is 333 g/mol. The number of methoxy groups -OCH3 is 1. The summed E-state index contributed by atoms with van der Waals surface area (Å²) < 4.78 is 43.3. The molecular formula is C18H19F3N2O2. The summed E-state index contributed by atoms with van der Waals surface area (Å²) in [6.07, 6.45) is -4.46. The van der Waals surface area contributed by atoms with E-state index in [1.54, 1.807) is 31.4 Å². The number of carbonyl (C=O) groups is 1. The van der Waals surface area contributed by atoms with E-state index >= 15 is 0 Å². The third kappa shape index (κ3) is 5.58. The Bertz CT molecular complexity index is 690. The highest BCUT2D eigenvalue weighted by molar-refractivity contribution is 5.95. The number of nitrogens with one attached hydrogen (secondary N) is 2. The first kappa shape index (κ1) is 19.0. The van der Waals surface area contributed by atoms with E-state index in [1.165, 1.54) is 12.1 Å². The van der Waals surface area contributed by atoms with Crippen LogP contribution in [0.5, 0.6) is 0 Å². The molecule has 2 aromatic rings. The fourth-order valence-corrected chi connectivity index (χ4v) is 2.30. The first-order valence-electron chi connectivity index (χ1n) is 7.67. The number of hydrogen-bond donors (Lipinski definition) is 2. The minimum Gasteiger partial charge on any atom is -0.383 e. The van der Waals surface area contributed by atoms with Gasteiger partial charge in [-0.1, -0.05) is 36.4 Å². The molecule has 134 valence electrons. The molecule has 2 aromatic carbocycles. The van der Waals surface area contributed by atoms with Gasteiger partial charge in [-0.15, -0.1) is 0 Å². The summed E-state index contributed by atoms with van der Waals surface area (Å²) in [5, 5.41) is 5.58. The van der Waals surface area contributed by atoms with Crippen LogP contribution in [0.3, 0.4) is 0 Å². The van der Waals surface area contributed by atoms with E-state index in [1.807, 2.05) is 6.07 Å². The Balaban J connectivity index is 2.16. The quantitative estimate of drug-likeness (QED) is 0.749. The van der Waals surface area contributed by atoms with E-state index in [-0.39, 0.29) is 5.69 Å². The van der Waals surface area contributed by atoms with E-state index in [4.69, 9.17) is 4.74 Å². The second kappa shape index (κ2) is 8.64. The highest BCUT2D eigenvalue weighted by Crippen LogP contribution is 2.30. The van der Waals surface area contributed by atoms with Gasteiger partial charge in [0.15, 0.2) is 0 Å². The van der Waals surface area contributed by atoms with Crippen LogP contribution in [-0.4, -0.2) is 26.2 Å². The molecule has 4 nitrogen and oxygen atoms in total. The first-order valence-corrected chi connectivity index (χ1v) is 7.67. The number of anilines is 1. The summed E-state index contributed by atoms with van der Waals surface area (Å²) in [6, 6.07) is 12.8. The van der Waals surface area contributed by atoms with Gasteiger partial charge in [0.2, 0.25) is 5.91 Å². The molecule has 1 amide bonds. The maximum absolute atomic E-state index is 12.8. The fourth-order valence-electron chi connectivity index (χ4n) is 2.30. The van der Waals surface area contributed by atoms with Crippen LogP contribution in [0.2, 0.25) is 0 Å². The van der Waals surface area contributed by atoms with E-state index in [0.29, 0.717) is 18.7 Å². The van der Waals surface area contributed by atoms with Gasteiger partial charge in [-0.3, -0.25) is 10.1 Å². The zero-order chi connectivity index (χ0) is 18.3. The molecule has 0 aliphatic heterocycles. The highest BCUT2D eigenvalue weighted by atomic mass is 19.4. The number of rotatable bonds is 7. The molecule has 0 aliphatic rings. The summed E-state index contributed by atoms with van der Waals surface area (Å²) in [5.74, 6) is -0.443. The van der Waals surface area contributed by atoms with E-state index in [2.05, 4.69) is 10.6 Å². The standard InChI is InChI=1S/C18H19F3N2O2/c1-25-11-10-22-16(13-6-3-2-4-7-13)17(24)23-15-9-5-8-14(12-15)18(19,20)21/h2-9,12,16,22H,10-11H2,1H3,(H,23,24). The number of halogens is 3. The van der Waals surface area contributed by atoms with E-state index in [9.17, 15) is 18.0 Å². The third-order valence-corrected chi connectivity index (χ3v) is 3.51. The van der Waals surface area contributed by atoms with Gasteiger partial charge in [-0.25, -0.2) is 0 Å². The summed E-state index contributed by atoms with van der Waals surface area (Å²) in [5.41, 5.74) is -0.00807. The van der Waals surface area contributed by atoms with E-state index < -0.39 is 23.7 Å². The van der Waals surface area contributed by atoms with Gasteiger partial charge in [0.05, 0.1) is 12.2 Å². The van der Waals surface area contributed by atoms with Crippen molar-refractivity contribution >= 4 is 11.6 Å². The van der Waals surface area contributed by atoms with Gasteiger partial charge in [0.25, 0.3) is 0 Å². The maximum Gasteiger partial charge on any atom is 0.416 e. The minimum atomic E-state index is -4.46. The predicted octanol–water partition coefficient (Wildman–Crippen LogP) is 3.62. The van der Waals surface area contributed by atoms with Crippen molar-refractivity contribution in [2.45, 2.75) is 12.2 Å².